The zero-order chi connectivity index (χ0) is 13.5. The molecule has 0 aliphatic carbocycles. The molecule has 0 radical (unpaired) electrons. The van der Waals surface area contributed by atoms with Crippen molar-refractivity contribution in [2.75, 3.05) is 31.3 Å². The molecule has 0 bridgehead atoms. The van der Waals surface area contributed by atoms with Crippen LogP contribution in [0.2, 0.25) is 0 Å². The molecule has 1 aliphatic rings. The summed E-state index contributed by atoms with van der Waals surface area (Å²) in [6.45, 7) is 4.43. The van der Waals surface area contributed by atoms with E-state index in [9.17, 15) is 0 Å². The van der Waals surface area contributed by atoms with E-state index >= 15 is 0 Å². The summed E-state index contributed by atoms with van der Waals surface area (Å²) in [7, 11) is 0. The number of anilines is 1. The van der Waals surface area contributed by atoms with Gasteiger partial charge in [0.25, 0.3) is 0 Å². The minimum atomic E-state index is 0.208. The Morgan fingerprint density at radius 1 is 1.53 bits per heavy atom. The van der Waals surface area contributed by atoms with E-state index in [4.69, 9.17) is 9.47 Å². The molecule has 0 aromatic carbocycles. The molecule has 1 saturated heterocycles. The molecular weight excluding hydrogens is 262 g/mol. The highest BCUT2D eigenvalue weighted by Gasteiger charge is 2.16. The smallest absolute Gasteiger partial charge is 0.219 e. The summed E-state index contributed by atoms with van der Waals surface area (Å²) in [6, 6.07) is 1.85. The predicted octanol–water partition coefficient (Wildman–Crippen LogP) is 2.58. The molecular formula is C13H21N3O2S. The van der Waals surface area contributed by atoms with Crippen molar-refractivity contribution < 1.29 is 9.47 Å². The van der Waals surface area contributed by atoms with Gasteiger partial charge >= 0.3 is 0 Å². The number of thioether (sulfide) groups is 1. The van der Waals surface area contributed by atoms with Crippen LogP contribution in [0.25, 0.3) is 0 Å². The lowest BCUT2D eigenvalue weighted by Gasteiger charge is -2.12. The van der Waals surface area contributed by atoms with Crippen LogP contribution < -0.4 is 10.1 Å². The third-order valence-corrected chi connectivity index (χ3v) is 3.41. The summed E-state index contributed by atoms with van der Waals surface area (Å²) < 4.78 is 11.3. The van der Waals surface area contributed by atoms with Gasteiger partial charge in [0.15, 0.2) is 5.16 Å². The monoisotopic (exact) mass is 283 g/mol. The van der Waals surface area contributed by atoms with E-state index in [1.54, 1.807) is 0 Å². The van der Waals surface area contributed by atoms with Gasteiger partial charge in [-0.2, -0.15) is 4.98 Å². The van der Waals surface area contributed by atoms with Crippen LogP contribution in [0.15, 0.2) is 11.2 Å². The standard InChI is InChI=1S/C13H21N3O2S/c1-3-6-14-11-8-12(16-13(15-11)19-2)18-9-10-5-4-7-17-10/h8,10H,3-7,9H2,1-2H3,(H,14,15,16). The minimum absolute atomic E-state index is 0.208. The molecule has 1 N–H and O–H groups in total. The van der Waals surface area contributed by atoms with E-state index in [1.807, 2.05) is 12.3 Å². The molecule has 0 spiro atoms. The van der Waals surface area contributed by atoms with E-state index in [0.29, 0.717) is 12.5 Å². The second-order valence-electron chi connectivity index (χ2n) is 4.45. The number of nitrogens with one attached hydrogen (secondary N) is 1. The third-order valence-electron chi connectivity index (χ3n) is 2.86. The van der Waals surface area contributed by atoms with Gasteiger partial charge in [0, 0.05) is 19.2 Å². The van der Waals surface area contributed by atoms with Gasteiger partial charge in [0.1, 0.15) is 12.4 Å². The Bertz CT molecular complexity index is 397. The van der Waals surface area contributed by atoms with Crippen molar-refractivity contribution in [1.29, 1.82) is 0 Å². The number of hydrogen-bond acceptors (Lipinski definition) is 6. The Balaban J connectivity index is 1.96. The van der Waals surface area contributed by atoms with Gasteiger partial charge in [-0.1, -0.05) is 18.7 Å². The SMILES string of the molecule is CCCNc1cc(OCC2CCCO2)nc(SC)n1. The number of aromatic nitrogens is 2. The van der Waals surface area contributed by atoms with Crippen LogP contribution in [0.4, 0.5) is 5.82 Å². The molecule has 1 fully saturated rings. The highest BCUT2D eigenvalue weighted by molar-refractivity contribution is 7.98. The second-order valence-corrected chi connectivity index (χ2v) is 5.22. The fraction of sp³-hybridized carbons (Fsp3) is 0.692. The molecule has 0 amide bonds. The van der Waals surface area contributed by atoms with E-state index in [2.05, 4.69) is 22.2 Å². The zero-order valence-electron chi connectivity index (χ0n) is 11.5. The lowest BCUT2D eigenvalue weighted by molar-refractivity contribution is 0.0660. The number of ether oxygens (including phenoxy) is 2. The molecule has 1 atom stereocenters. The Morgan fingerprint density at radius 2 is 2.42 bits per heavy atom. The van der Waals surface area contributed by atoms with Crippen LogP contribution in [-0.2, 0) is 4.74 Å². The Kier molecular flexibility index (Phi) is 5.72. The third kappa shape index (κ3) is 4.54. The lowest BCUT2D eigenvalue weighted by atomic mass is 10.2. The molecule has 19 heavy (non-hydrogen) atoms. The van der Waals surface area contributed by atoms with Gasteiger partial charge in [-0.15, -0.1) is 0 Å². The van der Waals surface area contributed by atoms with Gasteiger partial charge in [0.05, 0.1) is 6.10 Å². The van der Waals surface area contributed by atoms with E-state index in [0.717, 1.165) is 43.4 Å². The fourth-order valence-electron chi connectivity index (χ4n) is 1.87. The zero-order valence-corrected chi connectivity index (χ0v) is 12.3. The topological polar surface area (TPSA) is 56.3 Å². The van der Waals surface area contributed by atoms with Crippen LogP contribution in [0.5, 0.6) is 5.88 Å². The summed E-state index contributed by atoms with van der Waals surface area (Å²) in [4.78, 5) is 8.75. The first-order chi connectivity index (χ1) is 9.31. The van der Waals surface area contributed by atoms with Crippen molar-refractivity contribution in [3.8, 4) is 5.88 Å². The molecule has 1 aromatic rings. The first-order valence-corrected chi connectivity index (χ1v) is 7.95. The molecule has 6 heteroatoms. The van der Waals surface area contributed by atoms with Crippen molar-refractivity contribution in [2.45, 2.75) is 37.4 Å². The van der Waals surface area contributed by atoms with Crippen molar-refractivity contribution in [2.24, 2.45) is 0 Å². The molecule has 0 saturated carbocycles. The van der Waals surface area contributed by atoms with Crippen LogP contribution in [-0.4, -0.2) is 42.1 Å². The summed E-state index contributed by atoms with van der Waals surface area (Å²) in [5, 5.41) is 3.99. The van der Waals surface area contributed by atoms with Crippen LogP contribution in [0.1, 0.15) is 26.2 Å². The normalized spacial score (nSPS) is 18.5. The average Bonchev–Trinajstić information content (AvgIpc) is 2.96. The molecule has 2 heterocycles. The van der Waals surface area contributed by atoms with Gasteiger partial charge in [0.2, 0.25) is 5.88 Å². The van der Waals surface area contributed by atoms with Crippen LogP contribution in [0, 0.1) is 0 Å². The maximum atomic E-state index is 5.72. The minimum Gasteiger partial charge on any atom is -0.475 e. The molecule has 1 unspecified atom stereocenters. The lowest BCUT2D eigenvalue weighted by Crippen LogP contribution is -2.17. The fourth-order valence-corrected chi connectivity index (χ4v) is 2.24. The molecule has 5 nitrogen and oxygen atoms in total. The van der Waals surface area contributed by atoms with E-state index in [-0.39, 0.29) is 6.10 Å². The average molecular weight is 283 g/mol. The Morgan fingerprint density at radius 3 is 3.11 bits per heavy atom. The first-order valence-electron chi connectivity index (χ1n) is 6.73. The van der Waals surface area contributed by atoms with Gasteiger partial charge in [-0.25, -0.2) is 4.98 Å². The number of rotatable bonds is 7. The summed E-state index contributed by atoms with van der Waals surface area (Å²) in [5.74, 6) is 1.44. The summed E-state index contributed by atoms with van der Waals surface area (Å²) in [5.41, 5.74) is 0. The Hall–Kier alpha value is -1.01. The number of nitrogens with zero attached hydrogens (tertiary/aromatic N) is 2. The predicted molar refractivity (Wildman–Crippen MR) is 77.1 cm³/mol. The molecule has 106 valence electrons. The van der Waals surface area contributed by atoms with Crippen molar-refractivity contribution in [1.82, 2.24) is 9.97 Å². The highest BCUT2D eigenvalue weighted by atomic mass is 32.2. The second kappa shape index (κ2) is 7.55. The van der Waals surface area contributed by atoms with Crippen molar-refractivity contribution in [3.05, 3.63) is 6.07 Å². The first kappa shape index (κ1) is 14.4. The number of hydrogen-bond donors (Lipinski definition) is 1. The van der Waals surface area contributed by atoms with Gasteiger partial charge in [-0.05, 0) is 25.5 Å². The molecule has 1 aromatic heterocycles. The molecule has 1 aliphatic heterocycles. The highest BCUT2D eigenvalue weighted by Crippen LogP contribution is 2.20. The summed E-state index contributed by atoms with van der Waals surface area (Å²) in [6.07, 6.45) is 5.42. The van der Waals surface area contributed by atoms with Crippen LogP contribution >= 0.6 is 11.8 Å². The van der Waals surface area contributed by atoms with Gasteiger partial charge < -0.3 is 14.8 Å². The van der Waals surface area contributed by atoms with E-state index < -0.39 is 0 Å². The molecule has 2 rings (SSSR count). The van der Waals surface area contributed by atoms with Gasteiger partial charge in [-0.3, -0.25) is 0 Å². The van der Waals surface area contributed by atoms with Crippen molar-refractivity contribution >= 4 is 17.6 Å². The quantitative estimate of drug-likeness (QED) is 0.613. The van der Waals surface area contributed by atoms with Crippen LogP contribution in [0.3, 0.4) is 0 Å². The maximum absolute atomic E-state index is 5.72. The Labute approximate surface area is 118 Å². The largest absolute Gasteiger partial charge is 0.475 e. The summed E-state index contributed by atoms with van der Waals surface area (Å²) >= 11 is 1.52. The van der Waals surface area contributed by atoms with Crippen molar-refractivity contribution in [3.63, 3.8) is 0 Å². The maximum Gasteiger partial charge on any atom is 0.219 e. The van der Waals surface area contributed by atoms with E-state index in [1.165, 1.54) is 11.8 Å².